The van der Waals surface area contributed by atoms with Crippen LogP contribution in [0.1, 0.15) is 233 Å². The molecule has 2 atom stereocenters. The summed E-state index contributed by atoms with van der Waals surface area (Å²) in [6.45, 7) is 10.7. The van der Waals surface area contributed by atoms with Crippen LogP contribution in [0, 0.1) is 11.8 Å². The monoisotopic (exact) mass is 884 g/mol. The van der Waals surface area contributed by atoms with E-state index < -0.39 is 0 Å². The van der Waals surface area contributed by atoms with E-state index in [1.807, 2.05) is 0 Å². The van der Waals surface area contributed by atoms with E-state index in [0.29, 0.717) is 11.8 Å². The Kier molecular flexibility index (Phi) is 31.0. The molecule has 0 bridgehead atoms. The van der Waals surface area contributed by atoms with E-state index in [4.69, 9.17) is 9.47 Å². The van der Waals surface area contributed by atoms with Crippen LogP contribution in [0.2, 0.25) is 0 Å². The molecule has 0 spiro atoms. The van der Waals surface area contributed by atoms with E-state index in [2.05, 4.69) is 68.3 Å². The Bertz CT molecular complexity index is 1040. The lowest BCUT2D eigenvalue weighted by Crippen LogP contribution is -2.16. The van der Waals surface area contributed by atoms with Crippen molar-refractivity contribution in [3.63, 3.8) is 0 Å². The number of hydrogen-bond acceptors (Lipinski definition) is 5. The van der Waals surface area contributed by atoms with Crippen molar-refractivity contribution in [2.75, 3.05) is 13.2 Å². The third-order valence-corrected chi connectivity index (χ3v) is 13.3. The molecule has 2 unspecified atom stereocenters. The number of benzene rings is 1. The van der Waals surface area contributed by atoms with Gasteiger partial charge < -0.3 is 9.47 Å². The Morgan fingerprint density at radius 2 is 0.642 bits per heavy atom. The number of hydrogen-bond donors (Lipinski definition) is 0. The third kappa shape index (κ3) is 22.2. The topological polar surface area (TPSA) is 44.2 Å². The van der Waals surface area contributed by atoms with E-state index >= 15 is 0 Å². The van der Waals surface area contributed by atoms with E-state index in [-0.39, 0.29) is 0 Å². The van der Waals surface area contributed by atoms with E-state index in [1.165, 1.54) is 217 Å². The number of unbranched alkanes of at least 4 members (excludes halogenated alkanes) is 24. The molecule has 1 aromatic carbocycles. The predicted molar refractivity (Wildman–Crippen MR) is 241 cm³/mol. The normalized spacial score (nSPS) is 12.9. The minimum atomic E-state index is 0.562. The Labute approximate surface area is 349 Å². The Balaban J connectivity index is 2.10. The van der Waals surface area contributed by atoms with Gasteiger partial charge in [0.2, 0.25) is 0 Å². The van der Waals surface area contributed by atoms with Gasteiger partial charge in [0, 0.05) is 0 Å². The lowest BCUT2D eigenvalue weighted by atomic mass is 9.94. The summed E-state index contributed by atoms with van der Waals surface area (Å²) in [5.41, 5.74) is 1.73. The van der Waals surface area contributed by atoms with Gasteiger partial charge in [-0.1, -0.05) is 207 Å². The average molecular weight is 887 g/mol. The molecule has 0 N–H and O–H groups in total. The zero-order valence-electron chi connectivity index (χ0n) is 35.1. The summed E-state index contributed by atoms with van der Waals surface area (Å²) >= 11 is 9.10. The summed E-state index contributed by atoms with van der Waals surface area (Å²) in [7, 11) is 0. The molecule has 0 aliphatic rings. The highest BCUT2D eigenvalue weighted by Gasteiger charge is 2.25. The van der Waals surface area contributed by atoms with Crippen LogP contribution in [0.25, 0.3) is 11.0 Å². The second kappa shape index (κ2) is 33.7. The van der Waals surface area contributed by atoms with Crippen LogP contribution in [0.15, 0.2) is 8.95 Å². The van der Waals surface area contributed by atoms with Crippen LogP contribution in [0.3, 0.4) is 0 Å². The molecule has 7 heteroatoms. The summed E-state index contributed by atoms with van der Waals surface area (Å²) in [6, 6.07) is 0. The van der Waals surface area contributed by atoms with Crippen molar-refractivity contribution in [3.8, 4) is 11.5 Å². The standard InChI is InChI=1S/C46H82Br2N2O2S/c1-5-9-13-17-21-23-27-31-35-39(33-29-25-19-15-11-7-3)37-51-45-41(47)43-44(50-53-49-43)42(48)46(45)52-38-40(34-30-26-20-16-12-8-4)36-32-28-24-22-18-14-10-6-2/h39-40H,5-38H2,1-4H3. The molecule has 2 rings (SSSR count). The van der Waals surface area contributed by atoms with Crippen LogP contribution in [-0.2, 0) is 0 Å². The van der Waals surface area contributed by atoms with Gasteiger partial charge in [-0.25, -0.2) is 0 Å². The SMILES string of the molecule is CCCCCCCCCCC(CCCCCCCC)COc1c(OCC(CCCCCCCC)CCCCCCCCCC)c(Br)c2nsnc2c1Br. The molecule has 0 radical (unpaired) electrons. The average Bonchev–Trinajstić information content (AvgIpc) is 3.67. The first-order valence-corrected chi connectivity index (χ1v) is 25.3. The van der Waals surface area contributed by atoms with Crippen molar-refractivity contribution in [1.82, 2.24) is 8.75 Å². The number of fused-ring (bicyclic) bond motifs is 1. The van der Waals surface area contributed by atoms with Crippen LogP contribution < -0.4 is 9.47 Å². The van der Waals surface area contributed by atoms with E-state index in [0.717, 1.165) is 44.7 Å². The van der Waals surface area contributed by atoms with Gasteiger partial charge in [0.1, 0.15) is 11.0 Å². The second-order valence-electron chi connectivity index (χ2n) is 16.2. The summed E-state index contributed by atoms with van der Waals surface area (Å²) < 4.78 is 24.8. The smallest absolute Gasteiger partial charge is 0.178 e. The van der Waals surface area contributed by atoms with Crippen LogP contribution >= 0.6 is 43.6 Å². The summed E-state index contributed by atoms with van der Waals surface area (Å²) in [4.78, 5) is 0. The lowest BCUT2D eigenvalue weighted by Gasteiger charge is -2.23. The molecule has 0 fully saturated rings. The first-order valence-electron chi connectivity index (χ1n) is 23.0. The van der Waals surface area contributed by atoms with Crippen LogP contribution in [-0.4, -0.2) is 22.0 Å². The van der Waals surface area contributed by atoms with Gasteiger partial charge >= 0.3 is 0 Å². The quantitative estimate of drug-likeness (QED) is 0.0630. The lowest BCUT2D eigenvalue weighted by molar-refractivity contribution is 0.191. The molecule has 1 heterocycles. The highest BCUT2D eigenvalue weighted by atomic mass is 79.9. The third-order valence-electron chi connectivity index (χ3n) is 11.3. The van der Waals surface area contributed by atoms with Crippen molar-refractivity contribution in [1.29, 1.82) is 0 Å². The molecule has 4 nitrogen and oxygen atoms in total. The van der Waals surface area contributed by atoms with Crippen molar-refractivity contribution < 1.29 is 9.47 Å². The molecule has 53 heavy (non-hydrogen) atoms. The van der Waals surface area contributed by atoms with Gasteiger partial charge in [0.05, 0.1) is 33.9 Å². The molecule has 0 aliphatic carbocycles. The summed E-state index contributed by atoms with van der Waals surface area (Å²) in [5, 5.41) is 0. The van der Waals surface area contributed by atoms with E-state index in [1.54, 1.807) is 0 Å². The van der Waals surface area contributed by atoms with Gasteiger partial charge in [-0.2, -0.15) is 8.75 Å². The molecule has 0 amide bonds. The fourth-order valence-corrected chi connectivity index (χ4v) is 9.67. The Hall–Kier alpha value is -0.400. The maximum atomic E-state index is 6.86. The van der Waals surface area contributed by atoms with Gasteiger partial charge in [-0.3, -0.25) is 0 Å². The molecule has 2 aromatic rings. The second-order valence-corrected chi connectivity index (χ2v) is 18.4. The number of halogens is 2. The summed E-state index contributed by atoms with van der Waals surface area (Å²) in [5.74, 6) is 2.75. The number of ether oxygens (including phenoxy) is 2. The Morgan fingerprint density at radius 1 is 0.396 bits per heavy atom. The number of rotatable bonds is 38. The van der Waals surface area contributed by atoms with Crippen molar-refractivity contribution in [2.24, 2.45) is 11.8 Å². The van der Waals surface area contributed by atoms with Crippen LogP contribution in [0.5, 0.6) is 11.5 Å². The fourth-order valence-electron chi connectivity index (χ4n) is 7.73. The summed E-state index contributed by atoms with van der Waals surface area (Å²) in [6.07, 6.45) is 42.9. The molecule has 0 aliphatic heterocycles. The van der Waals surface area contributed by atoms with Gasteiger partial charge in [-0.05, 0) is 69.4 Å². The van der Waals surface area contributed by atoms with Gasteiger partial charge in [0.25, 0.3) is 0 Å². The maximum absolute atomic E-state index is 6.86. The molecule has 308 valence electrons. The first kappa shape index (κ1) is 48.7. The van der Waals surface area contributed by atoms with Gasteiger partial charge in [-0.15, -0.1) is 0 Å². The largest absolute Gasteiger partial charge is 0.488 e. The fraction of sp³-hybridized carbons (Fsp3) is 0.870. The molecule has 0 saturated heterocycles. The highest BCUT2D eigenvalue weighted by Crippen LogP contribution is 2.47. The molecule has 0 saturated carbocycles. The van der Waals surface area contributed by atoms with Crippen molar-refractivity contribution in [2.45, 2.75) is 233 Å². The highest BCUT2D eigenvalue weighted by molar-refractivity contribution is 9.11. The first-order chi connectivity index (χ1) is 26.1. The minimum Gasteiger partial charge on any atom is -0.488 e. The minimum absolute atomic E-state index is 0.562. The number of aromatic nitrogens is 2. The molecular formula is C46H82Br2N2O2S. The Morgan fingerprint density at radius 3 is 0.906 bits per heavy atom. The van der Waals surface area contributed by atoms with Gasteiger partial charge in [0.15, 0.2) is 11.5 Å². The zero-order valence-corrected chi connectivity index (χ0v) is 39.1. The van der Waals surface area contributed by atoms with Crippen molar-refractivity contribution >= 4 is 54.6 Å². The predicted octanol–water partition coefficient (Wildman–Crippen LogP) is 17.8. The molecular weight excluding hydrogens is 804 g/mol. The van der Waals surface area contributed by atoms with Crippen molar-refractivity contribution in [3.05, 3.63) is 8.95 Å². The maximum Gasteiger partial charge on any atom is 0.178 e. The number of nitrogens with zero attached hydrogens (tertiary/aromatic N) is 2. The van der Waals surface area contributed by atoms with Crippen LogP contribution in [0.4, 0.5) is 0 Å². The van der Waals surface area contributed by atoms with E-state index in [9.17, 15) is 0 Å². The molecule has 1 aromatic heterocycles. The zero-order chi connectivity index (χ0) is 38.2.